The molecule has 102 valence electrons. The Hall–Kier alpha value is -2.49. The molecule has 0 saturated carbocycles. The van der Waals surface area contributed by atoms with Crippen LogP contribution in [0.2, 0.25) is 0 Å². The van der Waals surface area contributed by atoms with Crippen LogP contribution in [0.5, 0.6) is 0 Å². The maximum Gasteiger partial charge on any atom is 0.224 e. The SMILES string of the molecule is O=C(CC(Cc1ccccc1)[N+](=O)[O-])c1ccccc1. The summed E-state index contributed by atoms with van der Waals surface area (Å²) in [4.78, 5) is 22.8. The minimum atomic E-state index is -0.884. The zero-order chi connectivity index (χ0) is 14.4. The second-order valence-electron chi connectivity index (χ2n) is 4.62. The van der Waals surface area contributed by atoms with Crippen LogP contribution in [0.1, 0.15) is 22.3 Å². The van der Waals surface area contributed by atoms with E-state index in [0.717, 1.165) is 5.56 Å². The van der Waals surface area contributed by atoms with Gasteiger partial charge in [0.15, 0.2) is 5.78 Å². The van der Waals surface area contributed by atoms with Gasteiger partial charge in [-0.1, -0.05) is 60.7 Å². The monoisotopic (exact) mass is 269 g/mol. The molecule has 20 heavy (non-hydrogen) atoms. The lowest BCUT2D eigenvalue weighted by molar-refractivity contribution is -0.520. The molecule has 0 aliphatic rings. The van der Waals surface area contributed by atoms with E-state index >= 15 is 0 Å². The third-order valence-electron chi connectivity index (χ3n) is 3.13. The first-order chi connectivity index (χ1) is 9.66. The second kappa shape index (κ2) is 6.61. The first-order valence-electron chi connectivity index (χ1n) is 6.42. The molecule has 0 saturated heterocycles. The predicted octanol–water partition coefficient (Wildman–Crippen LogP) is 3.15. The van der Waals surface area contributed by atoms with Gasteiger partial charge in [-0.05, 0) is 5.56 Å². The number of rotatable bonds is 6. The van der Waals surface area contributed by atoms with Gasteiger partial charge in [0.2, 0.25) is 6.04 Å². The lowest BCUT2D eigenvalue weighted by Gasteiger charge is -2.09. The molecule has 2 aromatic carbocycles. The van der Waals surface area contributed by atoms with E-state index in [-0.39, 0.29) is 23.5 Å². The summed E-state index contributed by atoms with van der Waals surface area (Å²) in [6, 6.07) is 17.0. The Balaban J connectivity index is 2.07. The van der Waals surface area contributed by atoms with Crippen molar-refractivity contribution >= 4 is 5.78 Å². The highest BCUT2D eigenvalue weighted by molar-refractivity contribution is 5.96. The summed E-state index contributed by atoms with van der Waals surface area (Å²) in [5.41, 5.74) is 1.39. The van der Waals surface area contributed by atoms with E-state index in [9.17, 15) is 14.9 Å². The molecular weight excluding hydrogens is 254 g/mol. The number of carbonyl (C=O) groups is 1. The summed E-state index contributed by atoms with van der Waals surface area (Å²) in [5, 5.41) is 11.1. The van der Waals surface area contributed by atoms with Gasteiger partial charge in [0.1, 0.15) is 0 Å². The topological polar surface area (TPSA) is 60.2 Å². The largest absolute Gasteiger partial charge is 0.294 e. The standard InChI is InChI=1S/C16H15NO3/c18-16(14-9-5-2-6-10-14)12-15(17(19)20)11-13-7-3-1-4-8-13/h1-10,15H,11-12H2. The molecule has 0 aliphatic heterocycles. The molecule has 2 rings (SSSR count). The molecule has 1 unspecified atom stereocenters. The summed E-state index contributed by atoms with van der Waals surface area (Å²) < 4.78 is 0. The van der Waals surface area contributed by atoms with E-state index < -0.39 is 6.04 Å². The van der Waals surface area contributed by atoms with Gasteiger partial charge in [0, 0.05) is 16.9 Å². The van der Waals surface area contributed by atoms with Crippen molar-refractivity contribution in [3.05, 3.63) is 81.9 Å². The van der Waals surface area contributed by atoms with Crippen molar-refractivity contribution in [2.75, 3.05) is 0 Å². The molecule has 0 aromatic heterocycles. The van der Waals surface area contributed by atoms with Gasteiger partial charge in [-0.3, -0.25) is 14.9 Å². The molecule has 0 heterocycles. The van der Waals surface area contributed by atoms with Crippen molar-refractivity contribution in [2.45, 2.75) is 18.9 Å². The van der Waals surface area contributed by atoms with E-state index in [1.807, 2.05) is 36.4 Å². The normalized spacial score (nSPS) is 11.8. The number of hydrogen-bond acceptors (Lipinski definition) is 3. The summed E-state index contributed by atoms with van der Waals surface area (Å²) in [5.74, 6) is -0.191. The van der Waals surface area contributed by atoms with Crippen molar-refractivity contribution in [3.8, 4) is 0 Å². The van der Waals surface area contributed by atoms with E-state index in [4.69, 9.17) is 0 Å². The van der Waals surface area contributed by atoms with Crippen LogP contribution in [0.25, 0.3) is 0 Å². The third-order valence-corrected chi connectivity index (χ3v) is 3.13. The Morgan fingerprint density at radius 3 is 2.10 bits per heavy atom. The fourth-order valence-corrected chi connectivity index (χ4v) is 2.06. The smallest absolute Gasteiger partial charge is 0.224 e. The number of carbonyl (C=O) groups excluding carboxylic acids is 1. The molecule has 0 fully saturated rings. The van der Waals surface area contributed by atoms with Crippen LogP contribution >= 0.6 is 0 Å². The van der Waals surface area contributed by atoms with E-state index in [2.05, 4.69) is 0 Å². The van der Waals surface area contributed by atoms with Gasteiger partial charge in [0.25, 0.3) is 0 Å². The lowest BCUT2D eigenvalue weighted by atomic mass is 9.98. The number of nitro groups is 1. The van der Waals surface area contributed by atoms with Gasteiger partial charge < -0.3 is 0 Å². The van der Waals surface area contributed by atoms with Crippen molar-refractivity contribution < 1.29 is 9.72 Å². The molecule has 0 radical (unpaired) electrons. The molecule has 4 nitrogen and oxygen atoms in total. The van der Waals surface area contributed by atoms with Crippen LogP contribution in [0.3, 0.4) is 0 Å². The van der Waals surface area contributed by atoms with Crippen molar-refractivity contribution in [2.24, 2.45) is 0 Å². The molecule has 2 aromatic rings. The molecule has 0 amide bonds. The molecule has 0 bridgehead atoms. The maximum absolute atomic E-state index is 12.0. The summed E-state index contributed by atoms with van der Waals surface area (Å²) in [7, 11) is 0. The Kier molecular flexibility index (Phi) is 4.60. The summed E-state index contributed by atoms with van der Waals surface area (Å²) in [6.45, 7) is 0. The predicted molar refractivity (Wildman–Crippen MR) is 76.3 cm³/mol. The fourth-order valence-electron chi connectivity index (χ4n) is 2.06. The van der Waals surface area contributed by atoms with Crippen LogP contribution in [-0.4, -0.2) is 16.7 Å². The first-order valence-corrected chi connectivity index (χ1v) is 6.42. The van der Waals surface area contributed by atoms with Crippen LogP contribution in [0.4, 0.5) is 0 Å². The summed E-state index contributed by atoms with van der Waals surface area (Å²) in [6.07, 6.45) is 0.193. The highest BCUT2D eigenvalue weighted by Gasteiger charge is 2.24. The van der Waals surface area contributed by atoms with Crippen molar-refractivity contribution in [1.29, 1.82) is 0 Å². The Bertz CT molecular complexity index is 581. The highest BCUT2D eigenvalue weighted by atomic mass is 16.6. The maximum atomic E-state index is 12.0. The Labute approximate surface area is 117 Å². The quantitative estimate of drug-likeness (QED) is 0.460. The minimum Gasteiger partial charge on any atom is -0.294 e. The van der Waals surface area contributed by atoms with Crippen molar-refractivity contribution in [3.63, 3.8) is 0 Å². The zero-order valence-corrected chi connectivity index (χ0v) is 10.9. The van der Waals surface area contributed by atoms with E-state index in [1.165, 1.54) is 0 Å². The van der Waals surface area contributed by atoms with Crippen LogP contribution < -0.4 is 0 Å². The fraction of sp³-hybridized carbons (Fsp3) is 0.188. The average molecular weight is 269 g/mol. The second-order valence-corrected chi connectivity index (χ2v) is 4.62. The number of Topliss-reactive ketones (excluding diaryl/α,β-unsaturated/α-hetero) is 1. The van der Waals surface area contributed by atoms with E-state index in [0.29, 0.717) is 5.56 Å². The van der Waals surface area contributed by atoms with Gasteiger partial charge >= 0.3 is 0 Å². The number of nitrogens with zero attached hydrogens (tertiary/aromatic N) is 1. The van der Waals surface area contributed by atoms with Crippen LogP contribution in [0.15, 0.2) is 60.7 Å². The first kappa shape index (κ1) is 13.9. The van der Waals surface area contributed by atoms with E-state index in [1.54, 1.807) is 24.3 Å². The van der Waals surface area contributed by atoms with Gasteiger partial charge in [-0.2, -0.15) is 0 Å². The van der Waals surface area contributed by atoms with Crippen LogP contribution in [0, 0.1) is 10.1 Å². The number of hydrogen-bond donors (Lipinski definition) is 0. The van der Waals surface area contributed by atoms with Crippen molar-refractivity contribution in [1.82, 2.24) is 0 Å². The van der Waals surface area contributed by atoms with Crippen LogP contribution in [-0.2, 0) is 6.42 Å². The molecule has 0 spiro atoms. The molecule has 0 aliphatic carbocycles. The lowest BCUT2D eigenvalue weighted by Crippen LogP contribution is -2.25. The average Bonchev–Trinajstić information content (AvgIpc) is 2.48. The molecular formula is C16H15NO3. The molecule has 1 atom stereocenters. The molecule has 0 N–H and O–H groups in total. The van der Waals surface area contributed by atoms with Gasteiger partial charge in [0.05, 0.1) is 6.42 Å². The Morgan fingerprint density at radius 2 is 1.55 bits per heavy atom. The number of benzene rings is 2. The highest BCUT2D eigenvalue weighted by Crippen LogP contribution is 2.12. The zero-order valence-electron chi connectivity index (χ0n) is 10.9. The molecule has 4 heteroatoms. The Morgan fingerprint density at radius 1 is 1.00 bits per heavy atom. The summed E-state index contributed by atoms with van der Waals surface area (Å²) >= 11 is 0. The number of ketones is 1. The van der Waals surface area contributed by atoms with Gasteiger partial charge in [-0.25, -0.2) is 0 Å². The van der Waals surface area contributed by atoms with Gasteiger partial charge in [-0.15, -0.1) is 0 Å². The third kappa shape index (κ3) is 3.75. The minimum absolute atomic E-state index is 0.0775.